The fourth-order valence-corrected chi connectivity index (χ4v) is 2.28. The fraction of sp³-hybridized carbons (Fsp3) is 0.364. The highest BCUT2D eigenvalue weighted by molar-refractivity contribution is 7.54. The third-order valence-corrected chi connectivity index (χ3v) is 4.19. The van der Waals surface area contributed by atoms with Crippen LogP contribution in [0.1, 0.15) is 15.9 Å². The van der Waals surface area contributed by atoms with Gasteiger partial charge in [-0.25, -0.2) is 0 Å². The molecule has 0 saturated heterocycles. The van der Waals surface area contributed by atoms with Gasteiger partial charge >= 0.3 is 13.8 Å². The highest BCUT2D eigenvalue weighted by Crippen LogP contribution is 2.46. The number of carbonyl (C=O) groups is 1. The molecule has 0 heterocycles. The molecule has 0 radical (unpaired) electrons. The third kappa shape index (κ3) is 4.16. The van der Waals surface area contributed by atoms with Gasteiger partial charge in [-0.3, -0.25) is 9.36 Å². The van der Waals surface area contributed by atoms with Gasteiger partial charge in [-0.2, -0.15) is 13.2 Å². The molecule has 19 heavy (non-hydrogen) atoms. The minimum absolute atomic E-state index is 0.191. The van der Waals surface area contributed by atoms with E-state index in [4.69, 9.17) is 0 Å². The first-order valence-corrected chi connectivity index (χ1v) is 6.85. The van der Waals surface area contributed by atoms with Crippen LogP contribution in [0.2, 0.25) is 0 Å². The van der Waals surface area contributed by atoms with Gasteiger partial charge in [0.15, 0.2) is 5.78 Å². The summed E-state index contributed by atoms with van der Waals surface area (Å²) < 4.78 is 58.3. The van der Waals surface area contributed by atoms with Crippen LogP contribution in [0.15, 0.2) is 24.3 Å². The van der Waals surface area contributed by atoms with E-state index in [-0.39, 0.29) is 5.56 Å². The van der Waals surface area contributed by atoms with Gasteiger partial charge < -0.3 is 9.05 Å². The maximum Gasteiger partial charge on any atom is 0.416 e. The number of hydrogen-bond acceptors (Lipinski definition) is 4. The normalized spacial score (nSPS) is 12.5. The minimum atomic E-state index is -4.54. The van der Waals surface area contributed by atoms with Gasteiger partial charge in [0.2, 0.25) is 0 Å². The van der Waals surface area contributed by atoms with E-state index in [1.54, 1.807) is 0 Å². The first-order valence-electron chi connectivity index (χ1n) is 5.13. The van der Waals surface area contributed by atoms with Gasteiger partial charge in [0.25, 0.3) is 0 Å². The number of benzene rings is 1. The summed E-state index contributed by atoms with van der Waals surface area (Å²) in [5.74, 6) is -0.738. The van der Waals surface area contributed by atoms with E-state index in [2.05, 4.69) is 9.05 Å². The lowest BCUT2D eigenvalue weighted by atomic mass is 10.1. The Morgan fingerprint density at radius 1 is 1.26 bits per heavy atom. The number of halogens is 3. The van der Waals surface area contributed by atoms with Crippen molar-refractivity contribution in [1.29, 1.82) is 0 Å². The lowest BCUT2D eigenvalue weighted by molar-refractivity contribution is -0.137. The van der Waals surface area contributed by atoms with Crippen molar-refractivity contribution in [2.75, 3.05) is 20.4 Å². The maximum atomic E-state index is 12.5. The Hall–Kier alpha value is -1.17. The predicted molar refractivity (Wildman–Crippen MR) is 62.3 cm³/mol. The van der Waals surface area contributed by atoms with E-state index in [9.17, 15) is 22.5 Å². The molecule has 0 aromatic heterocycles. The molecule has 0 N–H and O–H groups in total. The van der Waals surface area contributed by atoms with Crippen molar-refractivity contribution in [1.82, 2.24) is 0 Å². The molecule has 0 atom stereocenters. The SMILES string of the molecule is COP(=O)(CC(=O)c1cccc(C(F)(F)F)c1)OC. The van der Waals surface area contributed by atoms with Crippen LogP contribution in [0, 0.1) is 0 Å². The van der Waals surface area contributed by atoms with Crippen molar-refractivity contribution in [3.05, 3.63) is 35.4 Å². The quantitative estimate of drug-likeness (QED) is 0.617. The van der Waals surface area contributed by atoms with Crippen LogP contribution < -0.4 is 0 Å². The van der Waals surface area contributed by atoms with Gasteiger partial charge in [0, 0.05) is 19.8 Å². The first-order chi connectivity index (χ1) is 8.72. The molecule has 0 bridgehead atoms. The van der Waals surface area contributed by atoms with Gasteiger partial charge in [-0.15, -0.1) is 0 Å². The monoisotopic (exact) mass is 296 g/mol. The summed E-state index contributed by atoms with van der Waals surface area (Å²) in [4.78, 5) is 11.8. The zero-order valence-corrected chi connectivity index (χ0v) is 11.1. The molecule has 0 aliphatic rings. The number of rotatable bonds is 5. The number of Topliss-reactive ketones (excluding diaryl/α,β-unsaturated/α-hetero) is 1. The molecule has 0 amide bonds. The van der Waals surface area contributed by atoms with Gasteiger partial charge in [0.1, 0.15) is 6.16 Å². The molecule has 1 rings (SSSR count). The Labute approximate surface area is 108 Å². The lowest BCUT2D eigenvalue weighted by Crippen LogP contribution is -2.11. The Morgan fingerprint density at radius 2 is 1.84 bits per heavy atom. The van der Waals surface area contributed by atoms with E-state index in [1.807, 2.05) is 0 Å². The molecule has 0 saturated carbocycles. The van der Waals surface area contributed by atoms with E-state index in [0.717, 1.165) is 26.4 Å². The van der Waals surface area contributed by atoms with Crippen molar-refractivity contribution in [3.63, 3.8) is 0 Å². The predicted octanol–water partition coefficient (Wildman–Crippen LogP) is 3.37. The topological polar surface area (TPSA) is 52.6 Å². The van der Waals surface area contributed by atoms with Gasteiger partial charge in [-0.1, -0.05) is 12.1 Å². The number of hydrogen-bond donors (Lipinski definition) is 0. The molecule has 0 fully saturated rings. The van der Waals surface area contributed by atoms with E-state index in [0.29, 0.717) is 6.07 Å². The average Bonchev–Trinajstić information content (AvgIpc) is 2.37. The molecule has 0 aliphatic heterocycles. The second-order valence-electron chi connectivity index (χ2n) is 3.64. The van der Waals surface area contributed by atoms with Crippen LogP contribution in [0.25, 0.3) is 0 Å². The minimum Gasteiger partial charge on any atom is -0.312 e. The highest BCUT2D eigenvalue weighted by Gasteiger charge is 2.32. The molecule has 0 aliphatic carbocycles. The molecule has 0 spiro atoms. The van der Waals surface area contributed by atoms with E-state index >= 15 is 0 Å². The Bertz CT molecular complexity index is 505. The molecule has 8 heteroatoms. The zero-order valence-electron chi connectivity index (χ0n) is 10.2. The van der Waals surface area contributed by atoms with Crippen LogP contribution in [-0.4, -0.2) is 26.2 Å². The zero-order chi connectivity index (χ0) is 14.7. The van der Waals surface area contributed by atoms with Gasteiger partial charge in [-0.05, 0) is 12.1 Å². The van der Waals surface area contributed by atoms with Crippen LogP contribution >= 0.6 is 7.60 Å². The van der Waals surface area contributed by atoms with Crippen LogP contribution in [0.4, 0.5) is 13.2 Å². The highest BCUT2D eigenvalue weighted by atomic mass is 31.2. The van der Waals surface area contributed by atoms with Crippen LogP contribution in [0.5, 0.6) is 0 Å². The fourth-order valence-electron chi connectivity index (χ4n) is 1.34. The van der Waals surface area contributed by atoms with E-state index in [1.165, 1.54) is 6.07 Å². The third-order valence-electron chi connectivity index (χ3n) is 2.41. The second-order valence-corrected chi connectivity index (χ2v) is 5.90. The standard InChI is InChI=1S/C11H12F3O4P/c1-17-19(16,18-2)7-10(15)8-4-3-5-9(6-8)11(12,13)14/h3-6H,7H2,1-2H3. The summed E-state index contributed by atoms with van der Waals surface area (Å²) in [5.41, 5.74) is -1.13. The lowest BCUT2D eigenvalue weighted by Gasteiger charge is -2.13. The molecule has 1 aromatic rings. The molecule has 1 aromatic carbocycles. The largest absolute Gasteiger partial charge is 0.416 e. The number of ketones is 1. The molecular formula is C11H12F3O4P. The van der Waals surface area contributed by atoms with Crippen LogP contribution in [-0.2, 0) is 19.8 Å². The molecule has 106 valence electrons. The van der Waals surface area contributed by atoms with Crippen molar-refractivity contribution in [2.24, 2.45) is 0 Å². The summed E-state index contributed by atoms with van der Waals surface area (Å²) in [6, 6.07) is 3.88. The van der Waals surface area contributed by atoms with Crippen molar-refractivity contribution >= 4 is 13.4 Å². The Kier molecular flexibility index (Phi) is 4.90. The summed E-state index contributed by atoms with van der Waals surface area (Å²) in [6.07, 6.45) is -5.15. The van der Waals surface area contributed by atoms with Crippen molar-refractivity contribution in [2.45, 2.75) is 6.18 Å². The molecular weight excluding hydrogens is 284 g/mol. The van der Waals surface area contributed by atoms with E-state index < -0.39 is 31.3 Å². The second kappa shape index (κ2) is 5.86. The number of alkyl halides is 3. The first kappa shape index (κ1) is 15.9. The summed E-state index contributed by atoms with van der Waals surface area (Å²) >= 11 is 0. The molecule has 0 unspecified atom stereocenters. The summed E-state index contributed by atoms with van der Waals surface area (Å²) in [6.45, 7) is 0. The Morgan fingerprint density at radius 3 is 2.32 bits per heavy atom. The Balaban J connectivity index is 2.99. The summed E-state index contributed by atoms with van der Waals surface area (Å²) in [5, 5.41) is 0. The van der Waals surface area contributed by atoms with Crippen molar-refractivity contribution in [3.8, 4) is 0 Å². The summed E-state index contributed by atoms with van der Waals surface area (Å²) in [7, 11) is -1.39. The molecule has 4 nitrogen and oxygen atoms in total. The van der Waals surface area contributed by atoms with Gasteiger partial charge in [0.05, 0.1) is 5.56 Å². The average molecular weight is 296 g/mol. The maximum absolute atomic E-state index is 12.5. The van der Waals surface area contributed by atoms with Crippen molar-refractivity contribution < 1.29 is 31.6 Å². The van der Waals surface area contributed by atoms with Crippen LogP contribution in [0.3, 0.4) is 0 Å². The number of carbonyl (C=O) groups excluding carboxylic acids is 1. The smallest absolute Gasteiger partial charge is 0.312 e.